The van der Waals surface area contributed by atoms with Crippen molar-refractivity contribution in [2.24, 2.45) is 0 Å². The first-order chi connectivity index (χ1) is 10.1. The third kappa shape index (κ3) is 1.50. The number of methoxy groups -OCH3 is 1. The van der Waals surface area contributed by atoms with E-state index in [1.54, 1.807) is 7.11 Å². The summed E-state index contributed by atoms with van der Waals surface area (Å²) in [5.41, 5.74) is 4.74. The average molecular weight is 275 g/mol. The Bertz CT molecular complexity index is 865. The second-order valence-electron chi connectivity index (χ2n) is 6.08. The first-order valence-corrected chi connectivity index (χ1v) is 7.20. The van der Waals surface area contributed by atoms with Crippen LogP contribution in [-0.2, 0) is 5.41 Å². The molecule has 1 aliphatic carbocycles. The normalized spacial score (nSPS) is 14.8. The van der Waals surface area contributed by atoms with E-state index in [0.29, 0.717) is 0 Å². The average Bonchev–Trinajstić information content (AvgIpc) is 2.76. The smallest absolute Gasteiger partial charge is 0.128 e. The van der Waals surface area contributed by atoms with Gasteiger partial charge in [-0.2, -0.15) is 0 Å². The summed E-state index contributed by atoms with van der Waals surface area (Å²) in [6.45, 7) is 4.54. The van der Waals surface area contributed by atoms with Gasteiger partial charge < -0.3 is 4.74 Å². The van der Waals surface area contributed by atoms with Gasteiger partial charge in [0.2, 0.25) is 0 Å². The first kappa shape index (κ1) is 12.4. The number of pyridine rings is 1. The molecule has 1 heterocycles. The van der Waals surface area contributed by atoms with E-state index in [1.165, 1.54) is 21.9 Å². The van der Waals surface area contributed by atoms with Gasteiger partial charge in [-0.1, -0.05) is 50.2 Å². The molecule has 0 atom stereocenters. The minimum Gasteiger partial charge on any atom is -0.496 e. The van der Waals surface area contributed by atoms with E-state index in [-0.39, 0.29) is 5.41 Å². The molecule has 3 aromatic rings. The first-order valence-electron chi connectivity index (χ1n) is 7.20. The summed E-state index contributed by atoms with van der Waals surface area (Å²) in [7, 11) is 1.72. The molecule has 0 unspecified atom stereocenters. The fraction of sp³-hybridized carbons (Fsp3) is 0.211. The highest BCUT2D eigenvalue weighted by molar-refractivity contribution is 5.96. The second-order valence-corrected chi connectivity index (χ2v) is 6.08. The molecule has 2 nitrogen and oxygen atoms in total. The monoisotopic (exact) mass is 275 g/mol. The molecule has 1 aromatic heterocycles. The number of ether oxygens (including phenoxy) is 1. The molecule has 0 amide bonds. The van der Waals surface area contributed by atoms with E-state index < -0.39 is 0 Å². The molecule has 0 bridgehead atoms. The molecule has 4 rings (SSSR count). The van der Waals surface area contributed by atoms with Crippen LogP contribution in [0.3, 0.4) is 0 Å². The van der Waals surface area contributed by atoms with E-state index in [4.69, 9.17) is 9.72 Å². The van der Waals surface area contributed by atoms with Crippen LogP contribution < -0.4 is 4.74 Å². The topological polar surface area (TPSA) is 22.1 Å². The van der Waals surface area contributed by atoms with Crippen molar-refractivity contribution in [1.82, 2.24) is 4.98 Å². The quantitative estimate of drug-likeness (QED) is 0.650. The van der Waals surface area contributed by atoms with Gasteiger partial charge >= 0.3 is 0 Å². The van der Waals surface area contributed by atoms with Gasteiger partial charge in [0, 0.05) is 22.6 Å². The summed E-state index contributed by atoms with van der Waals surface area (Å²) in [6, 6.07) is 14.7. The van der Waals surface area contributed by atoms with E-state index in [0.717, 1.165) is 17.0 Å². The molecule has 21 heavy (non-hydrogen) atoms. The van der Waals surface area contributed by atoms with Crippen molar-refractivity contribution in [2.45, 2.75) is 19.3 Å². The Kier molecular flexibility index (Phi) is 2.41. The zero-order chi connectivity index (χ0) is 14.6. The molecule has 0 radical (unpaired) electrons. The lowest BCUT2D eigenvalue weighted by Gasteiger charge is -2.22. The van der Waals surface area contributed by atoms with Crippen LogP contribution >= 0.6 is 0 Å². The minimum absolute atomic E-state index is 0.0624. The Morgan fingerprint density at radius 2 is 1.81 bits per heavy atom. The molecule has 0 saturated carbocycles. The molecule has 0 N–H and O–H groups in total. The van der Waals surface area contributed by atoms with Crippen LogP contribution in [0.4, 0.5) is 0 Å². The van der Waals surface area contributed by atoms with Gasteiger partial charge in [-0.3, -0.25) is 4.98 Å². The fourth-order valence-electron chi connectivity index (χ4n) is 3.59. The Balaban J connectivity index is 2.18. The van der Waals surface area contributed by atoms with Gasteiger partial charge in [-0.25, -0.2) is 0 Å². The largest absolute Gasteiger partial charge is 0.496 e. The number of aromatic nitrogens is 1. The van der Waals surface area contributed by atoms with Gasteiger partial charge in [0.15, 0.2) is 0 Å². The Morgan fingerprint density at radius 1 is 1.00 bits per heavy atom. The predicted octanol–water partition coefficient (Wildman–Crippen LogP) is 4.55. The second kappa shape index (κ2) is 4.08. The van der Waals surface area contributed by atoms with Gasteiger partial charge in [0.25, 0.3) is 0 Å². The van der Waals surface area contributed by atoms with Crippen LogP contribution in [0, 0.1) is 0 Å². The summed E-state index contributed by atoms with van der Waals surface area (Å²) in [5.74, 6) is 0.905. The zero-order valence-corrected chi connectivity index (χ0v) is 12.5. The van der Waals surface area contributed by atoms with Crippen LogP contribution in [0.2, 0.25) is 0 Å². The van der Waals surface area contributed by atoms with Gasteiger partial charge in [0.1, 0.15) is 5.75 Å². The Labute approximate surface area is 124 Å². The molecule has 0 fully saturated rings. The van der Waals surface area contributed by atoms with Crippen molar-refractivity contribution >= 4 is 10.8 Å². The summed E-state index contributed by atoms with van der Waals surface area (Å²) in [6.07, 6.45) is 1.96. The maximum atomic E-state index is 5.58. The maximum Gasteiger partial charge on any atom is 0.128 e. The number of hydrogen-bond donors (Lipinski definition) is 0. The fourth-order valence-corrected chi connectivity index (χ4v) is 3.59. The van der Waals surface area contributed by atoms with Gasteiger partial charge in [0.05, 0.1) is 12.8 Å². The van der Waals surface area contributed by atoms with Crippen molar-refractivity contribution in [3.05, 3.63) is 59.8 Å². The van der Waals surface area contributed by atoms with Gasteiger partial charge in [-0.15, -0.1) is 0 Å². The van der Waals surface area contributed by atoms with Crippen LogP contribution in [0.15, 0.2) is 48.7 Å². The predicted molar refractivity (Wildman–Crippen MR) is 85.9 cm³/mol. The standard InChI is InChI=1S/C19H17NO/c1-19(2)14-9-6-10-15(21-3)16(14)18-17(19)13-8-5-4-7-12(13)11-20-18/h4-11H,1-3H3. The van der Waals surface area contributed by atoms with E-state index >= 15 is 0 Å². The van der Waals surface area contributed by atoms with E-state index in [9.17, 15) is 0 Å². The zero-order valence-electron chi connectivity index (χ0n) is 12.5. The Hall–Kier alpha value is -2.35. The van der Waals surface area contributed by atoms with Crippen molar-refractivity contribution in [3.8, 4) is 17.0 Å². The number of benzene rings is 2. The van der Waals surface area contributed by atoms with Crippen molar-refractivity contribution in [2.75, 3.05) is 7.11 Å². The highest BCUT2D eigenvalue weighted by atomic mass is 16.5. The van der Waals surface area contributed by atoms with E-state index in [1.807, 2.05) is 12.3 Å². The van der Waals surface area contributed by atoms with Crippen LogP contribution in [0.1, 0.15) is 25.0 Å². The molecule has 0 spiro atoms. The maximum absolute atomic E-state index is 5.58. The van der Waals surface area contributed by atoms with Crippen molar-refractivity contribution in [3.63, 3.8) is 0 Å². The van der Waals surface area contributed by atoms with Crippen LogP contribution in [-0.4, -0.2) is 12.1 Å². The number of rotatable bonds is 1. The molecular weight excluding hydrogens is 258 g/mol. The summed E-state index contributed by atoms with van der Waals surface area (Å²) >= 11 is 0. The van der Waals surface area contributed by atoms with E-state index in [2.05, 4.69) is 50.2 Å². The SMILES string of the molecule is COc1cccc2c1-c1ncc3ccccc3c1C2(C)C. The Morgan fingerprint density at radius 3 is 2.62 bits per heavy atom. The lowest BCUT2D eigenvalue weighted by Crippen LogP contribution is -2.15. The number of hydrogen-bond acceptors (Lipinski definition) is 2. The molecule has 1 aliphatic rings. The van der Waals surface area contributed by atoms with Crippen LogP contribution in [0.5, 0.6) is 5.75 Å². The summed E-state index contributed by atoms with van der Waals surface area (Å²) < 4.78 is 5.58. The van der Waals surface area contributed by atoms with Crippen molar-refractivity contribution < 1.29 is 4.74 Å². The number of nitrogens with zero attached hydrogens (tertiary/aromatic N) is 1. The molecule has 0 saturated heterocycles. The lowest BCUT2D eigenvalue weighted by molar-refractivity contribution is 0.416. The highest BCUT2D eigenvalue weighted by Gasteiger charge is 2.39. The highest BCUT2D eigenvalue weighted by Crippen LogP contribution is 2.53. The summed E-state index contributed by atoms with van der Waals surface area (Å²) in [5, 5.41) is 2.47. The molecular formula is C19H17NO. The minimum atomic E-state index is -0.0624. The molecule has 2 aromatic carbocycles. The third-order valence-corrected chi connectivity index (χ3v) is 4.58. The van der Waals surface area contributed by atoms with Crippen LogP contribution in [0.25, 0.3) is 22.0 Å². The molecule has 104 valence electrons. The third-order valence-electron chi connectivity index (χ3n) is 4.58. The lowest BCUT2D eigenvalue weighted by atomic mass is 9.81. The summed E-state index contributed by atoms with van der Waals surface area (Å²) in [4.78, 5) is 4.75. The number of fused-ring (bicyclic) bond motifs is 5. The van der Waals surface area contributed by atoms with Gasteiger partial charge in [-0.05, 0) is 22.6 Å². The molecule has 0 aliphatic heterocycles. The molecule has 2 heteroatoms. The van der Waals surface area contributed by atoms with Crippen molar-refractivity contribution in [1.29, 1.82) is 0 Å².